The molecule has 0 bridgehead atoms. The number of ether oxygens (including phenoxy) is 4. The number of halogens is 5. The van der Waals surface area contributed by atoms with Crippen LogP contribution in [0.15, 0.2) is 104 Å². The van der Waals surface area contributed by atoms with E-state index in [2.05, 4.69) is 27.1 Å². The molecule has 2 saturated heterocycles. The van der Waals surface area contributed by atoms with Gasteiger partial charge in [0, 0.05) is 61.5 Å². The second kappa shape index (κ2) is 25.1. The van der Waals surface area contributed by atoms with Crippen LogP contribution in [0.4, 0.5) is 35.0 Å². The van der Waals surface area contributed by atoms with Crippen molar-refractivity contribution in [3.63, 3.8) is 0 Å². The van der Waals surface area contributed by atoms with Crippen LogP contribution in [-0.2, 0) is 0 Å². The number of hydrogen-bond acceptors (Lipinski definition) is 15. The number of unbranched alkanes of at least 4 members (excludes halogenated alkanes) is 1. The van der Waals surface area contributed by atoms with Gasteiger partial charge in [0.05, 0.1) is 88.0 Å². The lowest BCUT2D eigenvalue weighted by molar-refractivity contribution is 0.102. The molecule has 404 valence electrons. The Hall–Kier alpha value is -8.24. The molecule has 2 aliphatic heterocycles. The molecule has 2 unspecified atom stereocenters. The van der Waals surface area contributed by atoms with Gasteiger partial charge in [-0.25, -0.2) is 46.5 Å². The highest BCUT2D eigenvalue weighted by Crippen LogP contribution is 2.39. The Morgan fingerprint density at radius 2 is 1.26 bits per heavy atom. The van der Waals surface area contributed by atoms with Crippen molar-refractivity contribution in [2.45, 2.75) is 57.5 Å². The highest BCUT2D eigenvalue weighted by Gasteiger charge is 2.32. The minimum atomic E-state index is -0.470. The van der Waals surface area contributed by atoms with Gasteiger partial charge in [-0.05, 0) is 80.6 Å². The summed E-state index contributed by atoms with van der Waals surface area (Å²) in [5.41, 5.74) is 9.57. The van der Waals surface area contributed by atoms with Crippen LogP contribution >= 0.6 is 11.6 Å². The minimum absolute atomic E-state index is 0.159. The summed E-state index contributed by atoms with van der Waals surface area (Å²) in [5.74, 6) is 1.86. The smallest absolute Gasteiger partial charge is 0.183 e. The van der Waals surface area contributed by atoms with Crippen LogP contribution < -0.4 is 34.5 Å². The molecular weight excluding hydrogens is 1020 g/mol. The topological polar surface area (TPSA) is 197 Å². The van der Waals surface area contributed by atoms with Crippen LogP contribution in [0.3, 0.4) is 0 Å². The van der Waals surface area contributed by atoms with Crippen molar-refractivity contribution < 1.29 is 46.4 Å². The molecule has 9 aromatic rings. The van der Waals surface area contributed by atoms with Crippen LogP contribution in [0, 0.1) is 23.3 Å². The number of nitrogens with zero attached hydrogens (tertiary/aromatic N) is 11. The molecule has 2 aromatic carbocycles. The maximum absolute atomic E-state index is 14.6. The van der Waals surface area contributed by atoms with Crippen molar-refractivity contribution >= 4 is 51.8 Å². The van der Waals surface area contributed by atoms with E-state index in [-0.39, 0.29) is 23.7 Å². The largest absolute Gasteiger partial charge is 0.493 e. The number of nitrogens with two attached hydrogens (primary N) is 1. The van der Waals surface area contributed by atoms with Crippen LogP contribution in [-0.4, -0.2) is 108 Å². The number of imidazole rings is 1. The van der Waals surface area contributed by atoms with Crippen LogP contribution in [0.5, 0.6) is 23.0 Å². The molecule has 0 saturated carbocycles. The normalized spacial score (nSPS) is 14.9. The number of methoxy groups -OCH3 is 4. The van der Waals surface area contributed by atoms with Crippen molar-refractivity contribution in [2.24, 2.45) is 0 Å². The van der Waals surface area contributed by atoms with E-state index in [1.165, 1.54) is 35.1 Å². The van der Waals surface area contributed by atoms with Gasteiger partial charge in [0.2, 0.25) is 0 Å². The first-order valence-corrected chi connectivity index (χ1v) is 25.1. The average Bonchev–Trinajstić information content (AvgIpc) is 4.32. The van der Waals surface area contributed by atoms with E-state index >= 15 is 0 Å². The summed E-state index contributed by atoms with van der Waals surface area (Å²) >= 11 is 5.64. The summed E-state index contributed by atoms with van der Waals surface area (Å²) < 4.78 is 82.0. The molecule has 0 radical (unpaired) electrons. The monoisotopic (exact) mass is 1080 g/mol. The number of hydrogen-bond donors (Lipinski definition) is 2. The molecule has 11 rings (SSSR count). The van der Waals surface area contributed by atoms with Crippen molar-refractivity contribution in [3.05, 3.63) is 144 Å². The van der Waals surface area contributed by atoms with Gasteiger partial charge in [-0.3, -0.25) is 4.79 Å². The number of carbonyl (C=O) groups is 1. The lowest BCUT2D eigenvalue weighted by atomic mass is 10.0. The summed E-state index contributed by atoms with van der Waals surface area (Å²) in [4.78, 5) is 33.9. The van der Waals surface area contributed by atoms with Crippen molar-refractivity contribution in [3.8, 4) is 34.3 Å². The Morgan fingerprint density at radius 1 is 0.701 bits per heavy atom. The highest BCUT2D eigenvalue weighted by molar-refractivity contribution is 6.31. The second-order valence-electron chi connectivity index (χ2n) is 17.7. The number of aromatic nitrogens is 9. The molecule has 2 fully saturated rings. The third kappa shape index (κ3) is 12.2. The number of carbonyl (C=O) groups excluding carboxylic acids is 1. The molecule has 2 aliphatic rings. The van der Waals surface area contributed by atoms with E-state index in [1.807, 2.05) is 32.7 Å². The van der Waals surface area contributed by atoms with Gasteiger partial charge >= 0.3 is 0 Å². The number of aliphatic hydroxyl groups excluding tert-OH is 1. The number of ketones is 1. The molecule has 0 spiro atoms. The second-order valence-corrected chi connectivity index (χ2v) is 17.9. The van der Waals surface area contributed by atoms with E-state index in [1.54, 1.807) is 69.7 Å². The molecule has 7 aromatic heterocycles. The molecule has 77 heavy (non-hydrogen) atoms. The number of alkyl halides is 1. The first-order chi connectivity index (χ1) is 37.3. The third-order valence-corrected chi connectivity index (χ3v) is 13.1. The molecule has 3 N–H and O–H groups in total. The van der Waals surface area contributed by atoms with Crippen LogP contribution in [0.25, 0.3) is 28.2 Å². The van der Waals surface area contributed by atoms with Crippen LogP contribution in [0.2, 0.25) is 0 Å². The highest BCUT2D eigenvalue weighted by atomic mass is 35.5. The van der Waals surface area contributed by atoms with Crippen molar-refractivity contribution in [2.75, 3.05) is 69.5 Å². The first-order valence-electron chi connectivity index (χ1n) is 24.6. The Labute approximate surface area is 445 Å². The number of fused-ring (bicyclic) bond motifs is 3. The fourth-order valence-corrected chi connectivity index (χ4v) is 9.25. The van der Waals surface area contributed by atoms with Gasteiger partial charge in [0.25, 0.3) is 0 Å². The number of rotatable bonds is 13. The molecule has 0 amide bonds. The van der Waals surface area contributed by atoms with E-state index in [0.717, 1.165) is 55.9 Å². The van der Waals surface area contributed by atoms with Crippen molar-refractivity contribution in [1.82, 2.24) is 43.6 Å². The molecular formula is C54H57ClF4N12O6. The Kier molecular flexibility index (Phi) is 17.9. The van der Waals surface area contributed by atoms with Gasteiger partial charge in [-0.1, -0.05) is 13.3 Å². The van der Waals surface area contributed by atoms with Gasteiger partial charge in [-0.2, -0.15) is 10.2 Å². The summed E-state index contributed by atoms with van der Waals surface area (Å²) in [5, 5.41) is 16.6. The summed E-state index contributed by atoms with van der Waals surface area (Å²) in [6.45, 7) is 3.75. The summed E-state index contributed by atoms with van der Waals surface area (Å²) in [6, 6.07) is 13.5. The van der Waals surface area contributed by atoms with E-state index in [9.17, 15) is 22.4 Å². The van der Waals surface area contributed by atoms with Gasteiger partial charge in [-0.15, -0.1) is 11.6 Å². The molecule has 2 atom stereocenters. The quantitative estimate of drug-likeness (QED) is 0.0628. The van der Waals surface area contributed by atoms with E-state index in [0.29, 0.717) is 106 Å². The predicted octanol–water partition coefficient (Wildman–Crippen LogP) is 9.91. The number of Topliss-reactive ketones (excluding diaryl/α,β-unsaturated/α-hetero) is 1. The van der Waals surface area contributed by atoms with Crippen molar-refractivity contribution in [1.29, 1.82) is 0 Å². The molecule has 9 heterocycles. The number of anilines is 3. The standard InChI is InChI=1S/C25H22F2N6O2.C18H15ClF2N4O.C7H10N2O2.C4H10O/c1-34-21-11-24-29-19(13-31(24)14-22(21)35-2)17-12-28-33-9-7-23(30-25(17)33)32-8-3-4-20(32)16-10-15(26)5-6-18(16)27;19-9-16(26)13-10-22-25-7-5-17(23-18(13)25)24-6-1-2-15(24)12-8-11(20)3-4-14(12)21;1-10-5-3-7(8)9-4-6(5)11-2;1-2-3-4-5/h5-7,9-14,20H,3-4,8H2,1-2H3;3-5,7-8,10,15H,1-2,6,9H2;3-4H,1-2H3,(H2,8,9);5H,2-4H2,1H3. The average molecular weight is 1080 g/mol. The minimum Gasteiger partial charge on any atom is -0.493 e. The lowest BCUT2D eigenvalue weighted by Gasteiger charge is -2.26. The lowest BCUT2D eigenvalue weighted by Crippen LogP contribution is -2.24. The Balaban J connectivity index is 0.000000163. The zero-order valence-corrected chi connectivity index (χ0v) is 43.7. The van der Waals surface area contributed by atoms with Gasteiger partial charge < -0.3 is 44.0 Å². The third-order valence-electron chi connectivity index (χ3n) is 12.9. The van der Waals surface area contributed by atoms with E-state index in [4.69, 9.17) is 51.4 Å². The Bertz CT molecular complexity index is 3440. The number of benzene rings is 2. The summed E-state index contributed by atoms with van der Waals surface area (Å²) in [7, 11) is 6.27. The first kappa shape index (κ1) is 55.0. The number of pyridine rings is 2. The van der Waals surface area contributed by atoms with Gasteiger partial charge in [0.1, 0.15) is 46.4 Å². The summed E-state index contributed by atoms with van der Waals surface area (Å²) in [6.07, 6.45) is 17.0. The van der Waals surface area contributed by atoms with Gasteiger partial charge in [0.15, 0.2) is 40.1 Å². The number of aliphatic hydroxyl groups is 1. The molecule has 23 heteroatoms. The fraction of sp³-hybridized carbons (Fsp3) is 0.315. The maximum atomic E-state index is 14.6. The van der Waals surface area contributed by atoms with E-state index < -0.39 is 23.3 Å². The van der Waals surface area contributed by atoms with Crippen LogP contribution in [0.1, 0.15) is 79.0 Å². The molecule has 18 nitrogen and oxygen atoms in total. The SMILES string of the molecule is CCCCO.COc1cc2nc(-c3cnn4ccc(N5CCCC5c5cc(F)ccc5F)nc34)cn2cc1OC.COc1cnc(N)cc1OC.O=C(CCl)c1cnn2ccc(N3CCCC3c3cc(F)ccc3F)nc12. The maximum Gasteiger partial charge on any atom is 0.183 e. The Morgan fingerprint density at radius 3 is 1.81 bits per heavy atom. The zero-order chi connectivity index (χ0) is 54.8. The fourth-order valence-electron chi connectivity index (χ4n) is 9.11. The molecule has 0 aliphatic carbocycles. The zero-order valence-electron chi connectivity index (χ0n) is 42.9. The predicted molar refractivity (Wildman–Crippen MR) is 283 cm³/mol. The number of nitrogen functional groups attached to an aromatic ring is 1.